The molecular formula is C17H19F2N3O2. The van der Waals surface area contributed by atoms with Gasteiger partial charge in [-0.15, -0.1) is 0 Å². The number of rotatable bonds is 4. The molecule has 0 saturated carbocycles. The van der Waals surface area contributed by atoms with Crippen LogP contribution in [0.2, 0.25) is 0 Å². The molecule has 5 nitrogen and oxygen atoms in total. The van der Waals surface area contributed by atoms with Crippen LogP contribution >= 0.6 is 0 Å². The van der Waals surface area contributed by atoms with Crippen molar-refractivity contribution in [2.24, 2.45) is 0 Å². The van der Waals surface area contributed by atoms with Gasteiger partial charge in [0.05, 0.1) is 12.6 Å². The number of aromatic nitrogens is 2. The third-order valence-electron chi connectivity index (χ3n) is 4.26. The number of H-pyrrole nitrogens is 1. The summed E-state index contributed by atoms with van der Waals surface area (Å²) in [5, 5.41) is 9.97. The highest BCUT2D eigenvalue weighted by atomic mass is 19.1. The summed E-state index contributed by atoms with van der Waals surface area (Å²) in [5.41, 5.74) is 0.632. The lowest BCUT2D eigenvalue weighted by Gasteiger charge is -2.24. The van der Waals surface area contributed by atoms with Gasteiger partial charge in [-0.3, -0.25) is 9.69 Å². The molecule has 3 rings (SSSR count). The summed E-state index contributed by atoms with van der Waals surface area (Å²) in [7, 11) is 0. The minimum absolute atomic E-state index is 0.209. The molecule has 7 heteroatoms. The smallest absolute Gasteiger partial charge is 0.251 e. The molecule has 128 valence electrons. The van der Waals surface area contributed by atoms with Crippen molar-refractivity contribution in [3.63, 3.8) is 0 Å². The Hall–Kier alpha value is -2.12. The van der Waals surface area contributed by atoms with Crippen molar-refractivity contribution in [2.75, 3.05) is 6.54 Å². The number of aryl methyl sites for hydroxylation is 1. The van der Waals surface area contributed by atoms with Crippen molar-refractivity contribution < 1.29 is 13.9 Å². The van der Waals surface area contributed by atoms with Crippen LogP contribution in [-0.2, 0) is 13.0 Å². The molecule has 2 atom stereocenters. The second kappa shape index (κ2) is 6.78. The predicted octanol–water partition coefficient (Wildman–Crippen LogP) is 1.92. The highest BCUT2D eigenvalue weighted by Gasteiger charge is 2.34. The van der Waals surface area contributed by atoms with E-state index in [0.717, 1.165) is 18.2 Å². The van der Waals surface area contributed by atoms with Crippen LogP contribution in [-0.4, -0.2) is 32.6 Å². The fraction of sp³-hybridized carbons (Fsp3) is 0.412. The van der Waals surface area contributed by atoms with Gasteiger partial charge in [0.25, 0.3) is 5.56 Å². The summed E-state index contributed by atoms with van der Waals surface area (Å²) in [5.74, 6) is -0.577. The Morgan fingerprint density at radius 1 is 1.38 bits per heavy atom. The van der Waals surface area contributed by atoms with Crippen LogP contribution in [0.15, 0.2) is 29.1 Å². The van der Waals surface area contributed by atoms with Gasteiger partial charge in [-0.05, 0) is 31.0 Å². The highest BCUT2D eigenvalue weighted by Crippen LogP contribution is 2.34. The fourth-order valence-electron chi connectivity index (χ4n) is 3.16. The first kappa shape index (κ1) is 16.7. The second-order valence-electron chi connectivity index (χ2n) is 6.04. The molecule has 1 aliphatic rings. The first-order valence-corrected chi connectivity index (χ1v) is 7.92. The molecule has 1 saturated heterocycles. The summed E-state index contributed by atoms with van der Waals surface area (Å²) in [4.78, 5) is 20.5. The van der Waals surface area contributed by atoms with Crippen molar-refractivity contribution in [2.45, 2.75) is 38.5 Å². The molecule has 0 amide bonds. The van der Waals surface area contributed by atoms with E-state index in [1.807, 2.05) is 6.92 Å². The number of aromatic amines is 1. The van der Waals surface area contributed by atoms with Crippen LogP contribution in [0.1, 0.15) is 36.5 Å². The molecule has 2 aromatic rings. The zero-order valence-electron chi connectivity index (χ0n) is 13.3. The number of halogens is 2. The Labute approximate surface area is 138 Å². The van der Waals surface area contributed by atoms with Crippen molar-refractivity contribution in [1.29, 1.82) is 0 Å². The average Bonchev–Trinajstić information content (AvgIpc) is 2.89. The van der Waals surface area contributed by atoms with E-state index in [2.05, 4.69) is 9.97 Å². The van der Waals surface area contributed by atoms with Crippen LogP contribution in [0.3, 0.4) is 0 Å². The molecule has 0 aliphatic carbocycles. The van der Waals surface area contributed by atoms with Crippen molar-refractivity contribution in [3.8, 4) is 0 Å². The van der Waals surface area contributed by atoms with Crippen molar-refractivity contribution in [1.82, 2.24) is 14.9 Å². The molecule has 1 fully saturated rings. The lowest BCUT2D eigenvalue weighted by atomic mass is 10.0. The molecule has 2 heterocycles. The third kappa shape index (κ3) is 3.52. The monoisotopic (exact) mass is 335 g/mol. The molecule has 24 heavy (non-hydrogen) atoms. The molecule has 2 N–H and O–H groups in total. The van der Waals surface area contributed by atoms with Gasteiger partial charge >= 0.3 is 0 Å². The Morgan fingerprint density at radius 2 is 2.17 bits per heavy atom. The summed E-state index contributed by atoms with van der Waals surface area (Å²) in [6, 6.07) is 4.28. The van der Waals surface area contributed by atoms with E-state index >= 15 is 0 Å². The molecular weight excluding hydrogens is 316 g/mol. The lowest BCUT2D eigenvalue weighted by Crippen LogP contribution is -2.27. The number of aliphatic hydroxyl groups is 1. The van der Waals surface area contributed by atoms with Gasteiger partial charge in [0.2, 0.25) is 0 Å². The summed E-state index contributed by atoms with van der Waals surface area (Å²) < 4.78 is 27.6. The maximum absolute atomic E-state index is 14.1. The zero-order chi connectivity index (χ0) is 17.3. The Bertz CT molecular complexity index is 794. The first-order chi connectivity index (χ1) is 11.5. The minimum Gasteiger partial charge on any atom is -0.392 e. The maximum atomic E-state index is 14.1. The first-order valence-electron chi connectivity index (χ1n) is 7.92. The van der Waals surface area contributed by atoms with Gasteiger partial charge in [0.1, 0.15) is 17.5 Å². The number of β-amino-alcohol motifs (C(OH)–C–C–N with tert-alkyl or cyclic N) is 1. The fourth-order valence-corrected chi connectivity index (χ4v) is 3.16. The van der Waals surface area contributed by atoms with E-state index in [4.69, 9.17) is 0 Å². The Kier molecular flexibility index (Phi) is 4.73. The van der Waals surface area contributed by atoms with Crippen LogP contribution in [0.25, 0.3) is 0 Å². The predicted molar refractivity (Wildman–Crippen MR) is 84.4 cm³/mol. The molecule has 1 aromatic carbocycles. The Morgan fingerprint density at radius 3 is 2.92 bits per heavy atom. The van der Waals surface area contributed by atoms with Gasteiger partial charge in [0.15, 0.2) is 0 Å². The van der Waals surface area contributed by atoms with Crippen LogP contribution in [0.4, 0.5) is 8.78 Å². The quantitative estimate of drug-likeness (QED) is 0.896. The van der Waals surface area contributed by atoms with Gasteiger partial charge in [-0.1, -0.05) is 6.92 Å². The third-order valence-corrected chi connectivity index (χ3v) is 4.26. The number of benzene rings is 1. The lowest BCUT2D eigenvalue weighted by molar-refractivity contribution is 0.171. The normalized spacial score (nSPS) is 21.3. The number of nitrogens with one attached hydrogen (secondary N) is 1. The summed E-state index contributed by atoms with van der Waals surface area (Å²) in [6.07, 6.45) is 0.290. The van der Waals surface area contributed by atoms with Crippen LogP contribution in [0, 0.1) is 11.6 Å². The topological polar surface area (TPSA) is 69.2 Å². The second-order valence-corrected chi connectivity index (χ2v) is 6.04. The molecule has 1 aromatic heterocycles. The van der Waals surface area contributed by atoms with E-state index < -0.39 is 23.8 Å². The van der Waals surface area contributed by atoms with Crippen LogP contribution < -0.4 is 5.56 Å². The SMILES string of the molecule is CCc1cc(=O)[nH]c(CN2C[C@@H](O)C[C@@H]2c2cc(F)ccc2F)n1. The van der Waals surface area contributed by atoms with Gasteiger partial charge in [0, 0.05) is 29.9 Å². The van der Waals surface area contributed by atoms with Crippen LogP contribution in [0.5, 0.6) is 0 Å². The minimum atomic E-state index is -0.640. The summed E-state index contributed by atoms with van der Waals surface area (Å²) in [6.45, 7) is 2.46. The van der Waals surface area contributed by atoms with E-state index in [1.54, 1.807) is 4.90 Å². The number of hydrogen-bond donors (Lipinski definition) is 2. The van der Waals surface area contributed by atoms with E-state index in [9.17, 15) is 18.7 Å². The van der Waals surface area contributed by atoms with Gasteiger partial charge in [-0.25, -0.2) is 13.8 Å². The maximum Gasteiger partial charge on any atom is 0.251 e. The largest absolute Gasteiger partial charge is 0.392 e. The number of aliphatic hydroxyl groups excluding tert-OH is 1. The average molecular weight is 335 g/mol. The zero-order valence-corrected chi connectivity index (χ0v) is 13.3. The molecule has 0 bridgehead atoms. The number of nitrogens with zero attached hydrogens (tertiary/aromatic N) is 2. The van der Waals surface area contributed by atoms with E-state index in [0.29, 0.717) is 30.9 Å². The Balaban J connectivity index is 1.90. The molecule has 1 aliphatic heterocycles. The molecule has 0 spiro atoms. The standard InChI is InChI=1S/C17H19F2N3O2/c1-2-11-6-17(24)21-16(20-11)9-22-8-12(23)7-15(22)13-5-10(18)3-4-14(13)19/h3-6,12,15,23H,2,7-9H2,1H3,(H,20,21,24)/t12-,15+/m0/s1. The number of likely N-dealkylation sites (tertiary alicyclic amines) is 1. The van der Waals surface area contributed by atoms with Gasteiger partial charge < -0.3 is 10.1 Å². The molecule has 0 unspecified atom stereocenters. The van der Waals surface area contributed by atoms with E-state index in [-0.39, 0.29) is 17.7 Å². The van der Waals surface area contributed by atoms with E-state index in [1.165, 1.54) is 6.07 Å². The number of hydrogen-bond acceptors (Lipinski definition) is 4. The summed E-state index contributed by atoms with van der Waals surface area (Å²) >= 11 is 0. The molecule has 0 radical (unpaired) electrons. The van der Waals surface area contributed by atoms with Crippen molar-refractivity contribution >= 4 is 0 Å². The van der Waals surface area contributed by atoms with Gasteiger partial charge in [-0.2, -0.15) is 0 Å². The van der Waals surface area contributed by atoms with Crippen molar-refractivity contribution in [3.05, 3.63) is 63.3 Å². The highest BCUT2D eigenvalue weighted by molar-refractivity contribution is 5.24.